The van der Waals surface area contributed by atoms with Gasteiger partial charge in [-0.2, -0.15) is 0 Å². The number of imidazole rings is 1. The van der Waals surface area contributed by atoms with Crippen molar-refractivity contribution in [3.8, 4) is 11.4 Å². The molecular formula is C16H20BrN3O. The summed E-state index contributed by atoms with van der Waals surface area (Å²) in [6, 6.07) is 6.52. The van der Waals surface area contributed by atoms with Crippen LogP contribution in [0.15, 0.2) is 35.1 Å². The number of hydrogen-bond donors (Lipinski definition) is 1. The lowest BCUT2D eigenvalue weighted by atomic mass is 9.96. The maximum absolute atomic E-state index is 5.47. The van der Waals surface area contributed by atoms with Gasteiger partial charge in [-0.15, -0.1) is 0 Å². The highest BCUT2D eigenvalue weighted by Gasteiger charge is 2.17. The van der Waals surface area contributed by atoms with Crippen LogP contribution in [0.25, 0.3) is 5.69 Å². The second-order valence-electron chi connectivity index (χ2n) is 5.42. The molecule has 0 aliphatic heterocycles. The van der Waals surface area contributed by atoms with Crippen LogP contribution in [0.3, 0.4) is 0 Å². The van der Waals surface area contributed by atoms with E-state index in [4.69, 9.17) is 4.74 Å². The number of anilines is 1. The van der Waals surface area contributed by atoms with Gasteiger partial charge < -0.3 is 10.1 Å². The van der Waals surface area contributed by atoms with E-state index in [9.17, 15) is 0 Å². The molecule has 112 valence electrons. The van der Waals surface area contributed by atoms with Gasteiger partial charge in [0, 0.05) is 22.9 Å². The highest BCUT2D eigenvalue weighted by atomic mass is 79.9. The highest BCUT2D eigenvalue weighted by molar-refractivity contribution is 9.10. The van der Waals surface area contributed by atoms with Gasteiger partial charge in [0.25, 0.3) is 0 Å². The quantitative estimate of drug-likeness (QED) is 0.889. The van der Waals surface area contributed by atoms with E-state index in [1.54, 1.807) is 7.11 Å². The summed E-state index contributed by atoms with van der Waals surface area (Å²) in [4.78, 5) is 4.47. The molecule has 21 heavy (non-hydrogen) atoms. The lowest BCUT2D eigenvalue weighted by Crippen LogP contribution is -2.24. The van der Waals surface area contributed by atoms with E-state index >= 15 is 0 Å². The molecule has 1 aromatic heterocycles. The molecule has 3 rings (SSSR count). The van der Waals surface area contributed by atoms with Crippen molar-refractivity contribution in [3.05, 3.63) is 35.1 Å². The van der Waals surface area contributed by atoms with E-state index < -0.39 is 0 Å². The van der Waals surface area contributed by atoms with Crippen LogP contribution >= 0.6 is 15.9 Å². The van der Waals surface area contributed by atoms with Gasteiger partial charge >= 0.3 is 0 Å². The lowest BCUT2D eigenvalue weighted by molar-refractivity contribution is 0.412. The van der Waals surface area contributed by atoms with Crippen LogP contribution in [0.4, 0.5) is 5.95 Å². The molecule has 0 spiro atoms. The van der Waals surface area contributed by atoms with Gasteiger partial charge in [0.05, 0.1) is 12.8 Å². The molecule has 0 bridgehead atoms. The number of methoxy groups -OCH3 is 1. The molecule has 1 N–H and O–H groups in total. The van der Waals surface area contributed by atoms with Gasteiger partial charge in [0.2, 0.25) is 5.95 Å². The number of ether oxygens (including phenoxy) is 1. The molecule has 1 aliphatic rings. The standard InChI is InChI=1S/C16H20BrN3O/c1-21-15-8-7-12(17)11-14(15)20-10-9-18-16(20)19-13-5-3-2-4-6-13/h7-11,13H,2-6H2,1H3,(H,18,19). The van der Waals surface area contributed by atoms with Crippen LogP contribution in [-0.2, 0) is 0 Å². The molecular weight excluding hydrogens is 330 g/mol. The minimum Gasteiger partial charge on any atom is -0.495 e. The number of benzene rings is 1. The molecule has 1 aromatic carbocycles. The van der Waals surface area contributed by atoms with Crippen LogP contribution in [-0.4, -0.2) is 22.7 Å². The van der Waals surface area contributed by atoms with Crippen molar-refractivity contribution in [2.45, 2.75) is 38.1 Å². The van der Waals surface area contributed by atoms with Gasteiger partial charge in [-0.05, 0) is 31.0 Å². The third-order valence-electron chi connectivity index (χ3n) is 3.98. The first kappa shape index (κ1) is 14.4. The molecule has 1 aliphatic carbocycles. The van der Waals surface area contributed by atoms with Crippen LogP contribution in [0.1, 0.15) is 32.1 Å². The second kappa shape index (κ2) is 6.52. The minimum atomic E-state index is 0.526. The molecule has 1 heterocycles. The average Bonchev–Trinajstić information content (AvgIpc) is 2.96. The van der Waals surface area contributed by atoms with E-state index in [1.165, 1.54) is 32.1 Å². The van der Waals surface area contributed by atoms with E-state index in [2.05, 4.69) is 30.8 Å². The Labute approximate surface area is 133 Å². The Hall–Kier alpha value is -1.49. The summed E-state index contributed by atoms with van der Waals surface area (Å²) in [6.45, 7) is 0. The number of hydrogen-bond acceptors (Lipinski definition) is 3. The normalized spacial score (nSPS) is 15.9. The fraction of sp³-hybridized carbons (Fsp3) is 0.438. The Kier molecular flexibility index (Phi) is 4.48. The summed E-state index contributed by atoms with van der Waals surface area (Å²) in [5, 5.41) is 3.58. The molecule has 2 aromatic rings. The van der Waals surface area contributed by atoms with Gasteiger partial charge in [0.15, 0.2) is 0 Å². The van der Waals surface area contributed by atoms with E-state index in [-0.39, 0.29) is 0 Å². The van der Waals surface area contributed by atoms with Crippen molar-refractivity contribution in [2.24, 2.45) is 0 Å². The molecule has 1 fully saturated rings. The third-order valence-corrected chi connectivity index (χ3v) is 4.47. The maximum atomic E-state index is 5.47. The van der Waals surface area contributed by atoms with Crippen molar-refractivity contribution < 1.29 is 4.74 Å². The fourth-order valence-electron chi connectivity index (χ4n) is 2.89. The predicted molar refractivity (Wildman–Crippen MR) is 88.3 cm³/mol. The van der Waals surface area contributed by atoms with Crippen LogP contribution in [0.2, 0.25) is 0 Å². The zero-order chi connectivity index (χ0) is 14.7. The molecule has 0 radical (unpaired) electrons. The first-order chi connectivity index (χ1) is 10.3. The third kappa shape index (κ3) is 3.23. The van der Waals surface area contributed by atoms with Gasteiger partial charge in [-0.1, -0.05) is 35.2 Å². The molecule has 1 saturated carbocycles. The average molecular weight is 350 g/mol. The number of aromatic nitrogens is 2. The Bertz CT molecular complexity index is 605. The number of halogens is 1. The maximum Gasteiger partial charge on any atom is 0.207 e. The van der Waals surface area contributed by atoms with Crippen LogP contribution in [0, 0.1) is 0 Å². The minimum absolute atomic E-state index is 0.526. The molecule has 0 atom stereocenters. The summed E-state index contributed by atoms with van der Waals surface area (Å²) in [6.07, 6.45) is 10.2. The Morgan fingerprint density at radius 1 is 1.29 bits per heavy atom. The van der Waals surface area contributed by atoms with E-state index in [0.29, 0.717) is 6.04 Å². The lowest BCUT2D eigenvalue weighted by Gasteiger charge is -2.24. The summed E-state index contributed by atoms with van der Waals surface area (Å²) >= 11 is 3.52. The van der Waals surface area contributed by atoms with Gasteiger partial charge in [-0.3, -0.25) is 4.57 Å². The summed E-state index contributed by atoms with van der Waals surface area (Å²) in [7, 11) is 1.69. The summed E-state index contributed by atoms with van der Waals surface area (Å²) < 4.78 is 8.55. The van der Waals surface area contributed by atoms with E-state index in [0.717, 1.165) is 21.9 Å². The predicted octanol–water partition coefficient (Wildman–Crippen LogP) is 4.39. The van der Waals surface area contributed by atoms with Crippen molar-refractivity contribution in [3.63, 3.8) is 0 Å². The second-order valence-corrected chi connectivity index (χ2v) is 6.33. The van der Waals surface area contributed by atoms with Crippen molar-refractivity contribution in [2.75, 3.05) is 12.4 Å². The van der Waals surface area contributed by atoms with Crippen LogP contribution < -0.4 is 10.1 Å². The van der Waals surface area contributed by atoms with E-state index in [1.807, 2.05) is 30.6 Å². The van der Waals surface area contributed by atoms with Crippen molar-refractivity contribution in [1.29, 1.82) is 0 Å². The Morgan fingerprint density at radius 2 is 2.10 bits per heavy atom. The zero-order valence-corrected chi connectivity index (χ0v) is 13.8. The number of nitrogens with zero attached hydrogens (tertiary/aromatic N) is 2. The van der Waals surface area contributed by atoms with Gasteiger partial charge in [0.1, 0.15) is 5.75 Å². The highest BCUT2D eigenvalue weighted by Crippen LogP contribution is 2.29. The van der Waals surface area contributed by atoms with Crippen LogP contribution in [0.5, 0.6) is 5.75 Å². The molecule has 0 amide bonds. The first-order valence-corrected chi connectivity index (χ1v) is 8.21. The largest absolute Gasteiger partial charge is 0.495 e. The summed E-state index contributed by atoms with van der Waals surface area (Å²) in [5.74, 6) is 1.72. The topological polar surface area (TPSA) is 39.1 Å². The van der Waals surface area contributed by atoms with Crippen molar-refractivity contribution in [1.82, 2.24) is 9.55 Å². The molecule has 4 nitrogen and oxygen atoms in total. The Balaban J connectivity index is 1.89. The molecule has 0 saturated heterocycles. The number of nitrogens with one attached hydrogen (secondary N) is 1. The zero-order valence-electron chi connectivity index (χ0n) is 12.2. The number of rotatable bonds is 4. The fourth-order valence-corrected chi connectivity index (χ4v) is 3.23. The molecule has 0 unspecified atom stereocenters. The van der Waals surface area contributed by atoms with Gasteiger partial charge in [-0.25, -0.2) is 4.98 Å². The molecule has 5 heteroatoms. The smallest absolute Gasteiger partial charge is 0.207 e. The Morgan fingerprint density at radius 3 is 2.86 bits per heavy atom. The first-order valence-electron chi connectivity index (χ1n) is 7.42. The monoisotopic (exact) mass is 349 g/mol. The SMILES string of the molecule is COc1ccc(Br)cc1-n1ccnc1NC1CCCCC1. The summed E-state index contributed by atoms with van der Waals surface area (Å²) in [5.41, 5.74) is 0.989. The van der Waals surface area contributed by atoms with Crippen molar-refractivity contribution >= 4 is 21.9 Å².